The van der Waals surface area contributed by atoms with Crippen molar-refractivity contribution in [3.05, 3.63) is 69.4 Å². The molecule has 2 aliphatic heterocycles. The van der Waals surface area contributed by atoms with Crippen molar-refractivity contribution in [2.75, 3.05) is 7.11 Å². The molecular formula is C39H50O7. The summed E-state index contributed by atoms with van der Waals surface area (Å²) in [5.74, 6) is -0.233. The Kier molecular flexibility index (Phi) is 9.08. The number of ether oxygens (including phenoxy) is 3. The van der Waals surface area contributed by atoms with Gasteiger partial charge in [-0.25, -0.2) is 0 Å². The lowest BCUT2D eigenvalue weighted by molar-refractivity contribution is -0.255. The molecule has 248 valence electrons. The molecule has 2 heterocycles. The van der Waals surface area contributed by atoms with Crippen molar-refractivity contribution < 1.29 is 34.0 Å². The van der Waals surface area contributed by atoms with Crippen LogP contribution in [0.25, 0.3) is 6.08 Å². The molecule has 0 amide bonds. The zero-order valence-corrected chi connectivity index (χ0v) is 28.8. The van der Waals surface area contributed by atoms with E-state index in [-0.39, 0.29) is 47.0 Å². The van der Waals surface area contributed by atoms with Gasteiger partial charge in [0.2, 0.25) is 0 Å². The van der Waals surface area contributed by atoms with Crippen LogP contribution in [0.15, 0.2) is 52.7 Å². The molecular weight excluding hydrogens is 580 g/mol. The standard InChI is InChI=1S/C39H50O7/c1-22(2)11-10-16-37(8)17-15-27-32(41)31-33(42)30-20-26-19-29(24(5)6)39(30,38(44-9,36(26)43)18-14-25(7)21-40)46-35(31)28(34(27)45-37)13-12-23(3)4/h11-12,14-15,17,20-21,24,26,29,36,41,43H,10,13,16,18-19H2,1-9H3/b25-14+/t26-,29-,36-,37+,38-,39?/m0/s1. The fraction of sp³-hybridized carbons (Fsp3) is 0.538. The molecule has 1 aromatic rings. The van der Waals surface area contributed by atoms with E-state index in [1.165, 1.54) is 5.57 Å². The van der Waals surface area contributed by atoms with Gasteiger partial charge in [-0.1, -0.05) is 49.3 Å². The SMILES string of the molecule is CO[C@@]1(C/C=C(\C)C=O)[C@@H](O)[C@@H]2C=C3C(=O)c4c(O)c5c(c(CC=C(C)C)c4OC31[C@H](C(C)C)C2)O[C@](C)(CCC=C(C)C)C=C5. The van der Waals surface area contributed by atoms with E-state index in [2.05, 4.69) is 39.8 Å². The fourth-order valence-electron chi connectivity index (χ4n) is 8.04. The summed E-state index contributed by atoms with van der Waals surface area (Å²) in [6, 6.07) is 0. The number of Topliss-reactive ketones (excluding diaryl/α,β-unsaturated/α-hetero) is 1. The Bertz CT molecular complexity index is 1580. The van der Waals surface area contributed by atoms with Crippen molar-refractivity contribution in [2.45, 2.75) is 110 Å². The number of hydrogen-bond donors (Lipinski definition) is 2. The number of phenols is 1. The van der Waals surface area contributed by atoms with Crippen LogP contribution in [0.2, 0.25) is 0 Å². The first-order valence-corrected chi connectivity index (χ1v) is 16.5. The predicted octanol–water partition coefficient (Wildman–Crippen LogP) is 7.64. The second-order valence-electron chi connectivity index (χ2n) is 14.6. The maximum Gasteiger partial charge on any atom is 0.200 e. The quantitative estimate of drug-likeness (QED) is 0.156. The molecule has 2 bridgehead atoms. The summed E-state index contributed by atoms with van der Waals surface area (Å²) in [5, 5.41) is 23.8. The molecule has 6 atom stereocenters. The Morgan fingerprint density at radius 2 is 1.78 bits per heavy atom. The number of ketones is 1. The first kappa shape index (κ1) is 33.9. The van der Waals surface area contributed by atoms with Gasteiger partial charge >= 0.3 is 0 Å². The highest BCUT2D eigenvalue weighted by atomic mass is 16.6. The van der Waals surface area contributed by atoms with E-state index < -0.39 is 22.9 Å². The molecule has 1 unspecified atom stereocenters. The van der Waals surface area contributed by atoms with Gasteiger partial charge < -0.3 is 24.4 Å². The van der Waals surface area contributed by atoms with Crippen molar-refractivity contribution in [1.29, 1.82) is 0 Å². The third-order valence-electron chi connectivity index (χ3n) is 10.5. The number of carbonyl (C=O) groups is 2. The molecule has 1 spiro atoms. The number of aldehydes is 1. The number of methoxy groups -OCH3 is 1. The minimum absolute atomic E-state index is 0.0590. The van der Waals surface area contributed by atoms with Crippen LogP contribution in [0.4, 0.5) is 0 Å². The van der Waals surface area contributed by atoms with Crippen molar-refractivity contribution in [3.8, 4) is 17.2 Å². The maximum absolute atomic E-state index is 14.8. The largest absolute Gasteiger partial charge is 0.506 e. The summed E-state index contributed by atoms with van der Waals surface area (Å²) in [7, 11) is 1.54. The lowest BCUT2D eigenvalue weighted by atomic mass is 9.48. The summed E-state index contributed by atoms with van der Waals surface area (Å²) in [5.41, 5.74) is 1.08. The molecule has 0 saturated heterocycles. The van der Waals surface area contributed by atoms with Gasteiger partial charge in [-0.3, -0.25) is 9.59 Å². The topological polar surface area (TPSA) is 102 Å². The lowest BCUT2D eigenvalue weighted by Gasteiger charge is -2.65. The van der Waals surface area contributed by atoms with E-state index in [1.807, 2.05) is 39.0 Å². The third-order valence-corrected chi connectivity index (χ3v) is 10.5. The average molecular weight is 631 g/mol. The summed E-state index contributed by atoms with van der Waals surface area (Å²) in [6.07, 6.45) is 14.2. The summed E-state index contributed by atoms with van der Waals surface area (Å²) in [6.45, 7) is 16.1. The number of benzene rings is 1. The molecule has 46 heavy (non-hydrogen) atoms. The van der Waals surface area contributed by atoms with Gasteiger partial charge in [-0.15, -0.1) is 0 Å². The highest BCUT2D eigenvalue weighted by molar-refractivity contribution is 6.16. The van der Waals surface area contributed by atoms with Crippen LogP contribution < -0.4 is 9.47 Å². The molecule has 7 heteroatoms. The van der Waals surface area contributed by atoms with Crippen LogP contribution in [-0.4, -0.2) is 52.3 Å². The van der Waals surface area contributed by atoms with E-state index in [1.54, 1.807) is 20.1 Å². The van der Waals surface area contributed by atoms with Crippen molar-refractivity contribution in [3.63, 3.8) is 0 Å². The van der Waals surface area contributed by atoms with Gasteiger partial charge in [0.1, 0.15) is 40.3 Å². The number of fused-ring (bicyclic) bond motifs is 4. The Hall–Kier alpha value is -3.42. The monoisotopic (exact) mass is 630 g/mol. The second kappa shape index (κ2) is 12.3. The van der Waals surface area contributed by atoms with Gasteiger partial charge in [0.15, 0.2) is 11.4 Å². The van der Waals surface area contributed by atoms with E-state index in [0.717, 1.165) is 24.7 Å². The van der Waals surface area contributed by atoms with Crippen LogP contribution in [-0.2, 0) is 16.0 Å². The number of rotatable bonds is 10. The predicted molar refractivity (Wildman–Crippen MR) is 180 cm³/mol. The molecule has 0 aromatic heterocycles. The maximum atomic E-state index is 14.8. The summed E-state index contributed by atoms with van der Waals surface area (Å²) < 4.78 is 20.4. The highest BCUT2D eigenvalue weighted by Crippen LogP contribution is 2.64. The molecule has 6 rings (SSSR count). The molecule has 1 saturated carbocycles. The minimum atomic E-state index is -1.38. The number of aromatic hydroxyl groups is 1. The van der Waals surface area contributed by atoms with Crippen molar-refractivity contribution in [2.24, 2.45) is 17.8 Å². The normalized spacial score (nSPS) is 30.8. The molecule has 2 N–H and O–H groups in total. The smallest absolute Gasteiger partial charge is 0.200 e. The minimum Gasteiger partial charge on any atom is -0.506 e. The number of hydrogen-bond acceptors (Lipinski definition) is 7. The van der Waals surface area contributed by atoms with Crippen molar-refractivity contribution >= 4 is 18.1 Å². The van der Waals surface area contributed by atoms with Crippen LogP contribution in [0.1, 0.15) is 103 Å². The number of carbonyl (C=O) groups excluding carboxylic acids is 2. The molecule has 7 nitrogen and oxygen atoms in total. The van der Waals surface area contributed by atoms with E-state index in [9.17, 15) is 19.8 Å². The van der Waals surface area contributed by atoms with E-state index in [4.69, 9.17) is 14.2 Å². The molecule has 0 radical (unpaired) electrons. The second-order valence-corrected chi connectivity index (χ2v) is 14.6. The number of aliphatic hydroxyl groups is 1. The zero-order valence-electron chi connectivity index (χ0n) is 28.8. The summed E-state index contributed by atoms with van der Waals surface area (Å²) in [4.78, 5) is 26.5. The van der Waals surface area contributed by atoms with Gasteiger partial charge in [-0.2, -0.15) is 0 Å². The summed E-state index contributed by atoms with van der Waals surface area (Å²) >= 11 is 0. The number of phenolic OH excluding ortho intramolecular Hbond substituents is 1. The lowest BCUT2D eigenvalue weighted by Crippen LogP contribution is -2.77. The first-order valence-electron chi connectivity index (χ1n) is 16.5. The van der Waals surface area contributed by atoms with Crippen LogP contribution in [0.5, 0.6) is 17.2 Å². The van der Waals surface area contributed by atoms with Gasteiger partial charge in [0.05, 0.1) is 11.7 Å². The van der Waals surface area contributed by atoms with Crippen LogP contribution in [0.3, 0.4) is 0 Å². The zero-order chi connectivity index (χ0) is 33.8. The van der Waals surface area contributed by atoms with E-state index >= 15 is 0 Å². The Morgan fingerprint density at radius 1 is 1.09 bits per heavy atom. The Morgan fingerprint density at radius 3 is 2.39 bits per heavy atom. The molecule has 1 aromatic carbocycles. The number of aliphatic hydroxyl groups excluding tert-OH is 1. The van der Waals surface area contributed by atoms with Crippen LogP contribution >= 0.6 is 0 Å². The Labute approximate surface area is 273 Å². The molecule has 1 fully saturated rings. The molecule has 3 aliphatic carbocycles. The van der Waals surface area contributed by atoms with E-state index in [0.29, 0.717) is 40.9 Å². The van der Waals surface area contributed by atoms with Gasteiger partial charge in [0.25, 0.3) is 0 Å². The first-order chi connectivity index (χ1) is 21.7. The van der Waals surface area contributed by atoms with Gasteiger partial charge in [0, 0.05) is 36.5 Å². The Balaban J connectivity index is 1.79. The molecule has 5 aliphatic rings. The highest BCUT2D eigenvalue weighted by Gasteiger charge is 2.73. The third kappa shape index (κ3) is 5.20. The number of allylic oxidation sites excluding steroid dienone is 5. The average Bonchev–Trinajstić information content (AvgIpc) is 2.99. The van der Waals surface area contributed by atoms with Gasteiger partial charge in [-0.05, 0) is 90.9 Å². The fourth-order valence-corrected chi connectivity index (χ4v) is 8.04. The van der Waals surface area contributed by atoms with Crippen LogP contribution in [0, 0.1) is 17.8 Å². The van der Waals surface area contributed by atoms with Crippen molar-refractivity contribution in [1.82, 2.24) is 0 Å².